The monoisotopic (exact) mass is 288 g/mol. The summed E-state index contributed by atoms with van der Waals surface area (Å²) >= 11 is 5.69. The molecule has 6 nitrogen and oxygen atoms in total. The highest BCUT2D eigenvalue weighted by molar-refractivity contribution is 7.92. The van der Waals surface area contributed by atoms with Gasteiger partial charge >= 0.3 is 5.97 Å². The number of nitrogens with one attached hydrogen (secondary N) is 1. The van der Waals surface area contributed by atoms with E-state index in [4.69, 9.17) is 22.0 Å². The van der Waals surface area contributed by atoms with Crippen LogP contribution in [0.25, 0.3) is 0 Å². The topological polar surface area (TPSA) is 107 Å². The molecule has 1 rings (SSSR count). The van der Waals surface area contributed by atoms with Gasteiger partial charge in [0, 0.05) is 5.02 Å². The Kier molecular flexibility index (Phi) is 4.53. The van der Waals surface area contributed by atoms with E-state index in [9.17, 15) is 13.2 Å². The Morgan fingerprint density at radius 2 is 2.17 bits per heavy atom. The standard InChI is InChI=1S/C10H9ClN2O4S/c11-8-2-1-7(6-12)9(5-8)13-18(16,17)4-3-10(14)15/h1-2,5,13H,3-4H2,(H,14,15). The first-order valence-electron chi connectivity index (χ1n) is 4.76. The molecular formula is C10H9ClN2O4S. The number of hydrogen-bond donors (Lipinski definition) is 2. The highest BCUT2D eigenvalue weighted by Gasteiger charge is 2.15. The van der Waals surface area contributed by atoms with E-state index in [0.29, 0.717) is 0 Å². The molecule has 0 spiro atoms. The molecule has 0 aliphatic carbocycles. The third kappa shape index (κ3) is 4.24. The van der Waals surface area contributed by atoms with E-state index in [1.165, 1.54) is 18.2 Å². The summed E-state index contributed by atoms with van der Waals surface area (Å²) in [5, 5.41) is 17.5. The van der Waals surface area contributed by atoms with Crippen molar-refractivity contribution in [2.24, 2.45) is 0 Å². The molecule has 0 unspecified atom stereocenters. The predicted molar refractivity (Wildman–Crippen MR) is 65.8 cm³/mol. The van der Waals surface area contributed by atoms with Gasteiger partial charge in [-0.05, 0) is 18.2 Å². The number of rotatable bonds is 5. The molecule has 0 atom stereocenters. The number of benzene rings is 1. The molecule has 0 saturated carbocycles. The number of hydrogen-bond acceptors (Lipinski definition) is 4. The summed E-state index contributed by atoms with van der Waals surface area (Å²) in [4.78, 5) is 10.3. The molecule has 0 aliphatic heterocycles. The minimum absolute atomic E-state index is 0.0374. The summed E-state index contributed by atoms with van der Waals surface area (Å²) in [6.45, 7) is 0. The smallest absolute Gasteiger partial charge is 0.304 e. The molecule has 0 aromatic heterocycles. The molecule has 0 heterocycles. The quantitative estimate of drug-likeness (QED) is 0.852. The first-order valence-corrected chi connectivity index (χ1v) is 6.79. The Morgan fingerprint density at radius 1 is 1.50 bits per heavy atom. The molecular weight excluding hydrogens is 280 g/mol. The summed E-state index contributed by atoms with van der Waals surface area (Å²) in [5.74, 6) is -1.79. The predicted octanol–water partition coefficient (Wildman–Crippen LogP) is 1.43. The zero-order chi connectivity index (χ0) is 13.8. The van der Waals surface area contributed by atoms with Gasteiger partial charge in [-0.2, -0.15) is 5.26 Å². The fourth-order valence-electron chi connectivity index (χ4n) is 1.14. The molecule has 1 aromatic carbocycles. The number of nitriles is 1. The van der Waals surface area contributed by atoms with E-state index in [-0.39, 0.29) is 16.3 Å². The lowest BCUT2D eigenvalue weighted by Crippen LogP contribution is -2.19. The van der Waals surface area contributed by atoms with Crippen LogP contribution in [-0.2, 0) is 14.8 Å². The van der Waals surface area contributed by atoms with Crippen LogP contribution in [0.4, 0.5) is 5.69 Å². The van der Waals surface area contributed by atoms with Gasteiger partial charge in [-0.3, -0.25) is 9.52 Å². The van der Waals surface area contributed by atoms with Crippen molar-refractivity contribution < 1.29 is 18.3 Å². The molecule has 1 aromatic rings. The summed E-state index contributed by atoms with van der Waals surface area (Å²) in [7, 11) is -3.82. The Balaban J connectivity index is 2.94. The van der Waals surface area contributed by atoms with Gasteiger partial charge in [0.2, 0.25) is 10.0 Å². The van der Waals surface area contributed by atoms with Gasteiger partial charge < -0.3 is 5.11 Å². The number of sulfonamides is 1. The Hall–Kier alpha value is -1.78. The number of nitrogens with zero attached hydrogens (tertiary/aromatic N) is 1. The lowest BCUT2D eigenvalue weighted by atomic mass is 10.2. The number of carbonyl (C=O) groups is 1. The van der Waals surface area contributed by atoms with Gasteiger partial charge in [-0.1, -0.05) is 11.6 Å². The van der Waals surface area contributed by atoms with E-state index in [0.717, 1.165) is 0 Å². The minimum atomic E-state index is -3.82. The van der Waals surface area contributed by atoms with Crippen LogP contribution < -0.4 is 4.72 Å². The van der Waals surface area contributed by atoms with Crippen LogP contribution in [-0.4, -0.2) is 25.2 Å². The summed E-state index contributed by atoms with van der Waals surface area (Å²) < 4.78 is 25.2. The van der Waals surface area contributed by atoms with Crippen LogP contribution >= 0.6 is 11.6 Å². The van der Waals surface area contributed by atoms with E-state index < -0.39 is 28.2 Å². The second-order valence-corrected chi connectivity index (χ2v) is 5.64. The lowest BCUT2D eigenvalue weighted by molar-refractivity contribution is -0.136. The summed E-state index contributed by atoms with van der Waals surface area (Å²) in [5.41, 5.74) is 0.147. The summed E-state index contributed by atoms with van der Waals surface area (Å²) in [6.07, 6.45) is -0.516. The first kappa shape index (κ1) is 14.3. The van der Waals surface area contributed by atoms with Crippen LogP contribution in [0.5, 0.6) is 0 Å². The van der Waals surface area contributed by atoms with Crippen LogP contribution in [0.3, 0.4) is 0 Å². The molecule has 0 fully saturated rings. The van der Waals surface area contributed by atoms with Gasteiger partial charge in [-0.25, -0.2) is 8.42 Å². The first-order chi connectivity index (χ1) is 8.34. The van der Waals surface area contributed by atoms with Crippen LogP contribution in [0.1, 0.15) is 12.0 Å². The summed E-state index contributed by atoms with van der Waals surface area (Å²) in [6, 6.07) is 5.92. The molecule has 0 radical (unpaired) electrons. The fourth-order valence-corrected chi connectivity index (χ4v) is 2.36. The number of halogens is 1. The van der Waals surface area contributed by atoms with Crippen molar-refractivity contribution in [1.82, 2.24) is 0 Å². The number of aliphatic carboxylic acids is 1. The maximum absolute atomic E-state index is 11.6. The average Bonchev–Trinajstić information content (AvgIpc) is 2.26. The van der Waals surface area contributed by atoms with Gasteiger partial charge in [0.15, 0.2) is 0 Å². The van der Waals surface area contributed by atoms with Crippen molar-refractivity contribution in [3.63, 3.8) is 0 Å². The fraction of sp³-hybridized carbons (Fsp3) is 0.200. The van der Waals surface area contributed by atoms with Gasteiger partial charge in [0.05, 0.1) is 23.4 Å². The largest absolute Gasteiger partial charge is 0.481 e. The molecule has 0 saturated heterocycles. The van der Waals surface area contributed by atoms with Crippen LogP contribution in [0.15, 0.2) is 18.2 Å². The van der Waals surface area contributed by atoms with Crippen LogP contribution in [0, 0.1) is 11.3 Å². The van der Waals surface area contributed by atoms with Crippen molar-refractivity contribution in [2.75, 3.05) is 10.5 Å². The SMILES string of the molecule is N#Cc1ccc(Cl)cc1NS(=O)(=O)CCC(=O)O. The van der Waals surface area contributed by atoms with Gasteiger partial charge in [0.1, 0.15) is 6.07 Å². The average molecular weight is 289 g/mol. The molecule has 18 heavy (non-hydrogen) atoms. The number of carboxylic acid groups (broad SMARTS) is 1. The van der Waals surface area contributed by atoms with E-state index in [2.05, 4.69) is 4.72 Å². The minimum Gasteiger partial charge on any atom is -0.481 e. The zero-order valence-corrected chi connectivity index (χ0v) is 10.6. The molecule has 0 bridgehead atoms. The second kappa shape index (κ2) is 5.71. The highest BCUT2D eigenvalue weighted by Crippen LogP contribution is 2.21. The molecule has 8 heteroatoms. The third-order valence-corrected chi connectivity index (χ3v) is 3.46. The maximum Gasteiger partial charge on any atom is 0.304 e. The van der Waals surface area contributed by atoms with Crippen molar-refractivity contribution in [1.29, 1.82) is 5.26 Å². The van der Waals surface area contributed by atoms with E-state index in [1.54, 1.807) is 0 Å². The maximum atomic E-state index is 11.6. The van der Waals surface area contributed by atoms with Crippen molar-refractivity contribution in [2.45, 2.75) is 6.42 Å². The third-order valence-electron chi connectivity index (χ3n) is 1.95. The Morgan fingerprint density at radius 3 is 2.72 bits per heavy atom. The Labute approximate surface area is 109 Å². The molecule has 0 aliphatic rings. The zero-order valence-electron chi connectivity index (χ0n) is 9.05. The number of anilines is 1. The molecule has 2 N–H and O–H groups in total. The van der Waals surface area contributed by atoms with Gasteiger partial charge in [0.25, 0.3) is 0 Å². The number of carboxylic acids is 1. The van der Waals surface area contributed by atoms with Crippen molar-refractivity contribution >= 4 is 33.3 Å². The second-order valence-electron chi connectivity index (χ2n) is 3.37. The normalized spacial score (nSPS) is 10.7. The highest BCUT2D eigenvalue weighted by atomic mass is 35.5. The molecule has 96 valence electrons. The lowest BCUT2D eigenvalue weighted by Gasteiger charge is -2.08. The van der Waals surface area contributed by atoms with E-state index >= 15 is 0 Å². The van der Waals surface area contributed by atoms with Crippen LogP contribution in [0.2, 0.25) is 5.02 Å². The van der Waals surface area contributed by atoms with E-state index in [1.807, 2.05) is 6.07 Å². The molecule has 0 amide bonds. The Bertz CT molecular complexity index is 607. The van der Waals surface area contributed by atoms with Crippen molar-refractivity contribution in [3.8, 4) is 6.07 Å². The van der Waals surface area contributed by atoms with Gasteiger partial charge in [-0.15, -0.1) is 0 Å². The van der Waals surface area contributed by atoms with Crippen molar-refractivity contribution in [3.05, 3.63) is 28.8 Å².